The summed E-state index contributed by atoms with van der Waals surface area (Å²) in [6.07, 6.45) is 0.696. The number of aromatic hydroxyl groups is 1. The zero-order valence-corrected chi connectivity index (χ0v) is 14.5. The Labute approximate surface area is 101 Å². The zero-order valence-electron chi connectivity index (χ0n) is 7.54. The molecular formula is C8H8Cl2HgO3. The van der Waals surface area contributed by atoms with Crippen LogP contribution in [0.25, 0.3) is 0 Å². The first-order valence-electron chi connectivity index (χ1n) is 3.63. The minimum absolute atomic E-state index is 0.0399. The number of phenols is 1. The quantitative estimate of drug-likeness (QED) is 0.588. The number of methoxy groups -OCH3 is 1. The molecule has 0 bridgehead atoms. The molecule has 0 atom stereocenters. The first-order valence-corrected chi connectivity index (χ1v) is 17.2. The van der Waals surface area contributed by atoms with E-state index < -0.39 is 22.1 Å². The summed E-state index contributed by atoms with van der Waals surface area (Å²) >= 11 is -1.14. The number of aldehydes is 1. The molecule has 74 valence electrons. The second kappa shape index (κ2) is 8.32. The molecule has 1 rings (SSSR count). The van der Waals surface area contributed by atoms with E-state index in [2.05, 4.69) is 0 Å². The molecule has 0 saturated carbocycles. The van der Waals surface area contributed by atoms with Gasteiger partial charge in [-0.25, -0.2) is 0 Å². The first-order chi connectivity index (χ1) is 6.69. The Bertz CT molecular complexity index is 294. The van der Waals surface area contributed by atoms with Gasteiger partial charge in [-0.1, -0.05) is 0 Å². The number of ether oxygens (including phenoxy) is 1. The molecule has 0 saturated heterocycles. The molecule has 1 aromatic carbocycles. The van der Waals surface area contributed by atoms with Crippen molar-refractivity contribution in [3.63, 3.8) is 0 Å². The summed E-state index contributed by atoms with van der Waals surface area (Å²) in [6.45, 7) is 0. The Balaban J connectivity index is 0.000000500. The van der Waals surface area contributed by atoms with Gasteiger partial charge in [0.25, 0.3) is 0 Å². The summed E-state index contributed by atoms with van der Waals surface area (Å²) in [4.78, 5) is 10.2. The molecule has 0 aliphatic rings. The topological polar surface area (TPSA) is 46.5 Å². The Morgan fingerprint density at radius 2 is 2.07 bits per heavy atom. The van der Waals surface area contributed by atoms with E-state index in [1.165, 1.54) is 25.3 Å². The summed E-state index contributed by atoms with van der Waals surface area (Å²) < 4.78 is 4.78. The molecule has 0 unspecified atom stereocenters. The molecule has 0 aliphatic carbocycles. The van der Waals surface area contributed by atoms with Gasteiger partial charge in [0.1, 0.15) is 6.29 Å². The van der Waals surface area contributed by atoms with Crippen molar-refractivity contribution in [2.75, 3.05) is 7.11 Å². The van der Waals surface area contributed by atoms with Crippen LogP contribution in [-0.4, -0.2) is 18.5 Å². The van der Waals surface area contributed by atoms with Gasteiger partial charge >= 0.3 is 38.6 Å². The molecule has 0 radical (unpaired) electrons. The molecule has 0 aromatic heterocycles. The Kier molecular flexibility index (Phi) is 8.33. The average Bonchev–Trinajstić information content (AvgIpc) is 2.20. The SMILES string of the molecule is COc1cc(C=O)ccc1O.[Cl][Hg][Cl]. The number of rotatable bonds is 2. The summed E-state index contributed by atoms with van der Waals surface area (Å²) in [5.74, 6) is 0.354. The average molecular weight is 424 g/mol. The third-order valence-corrected chi connectivity index (χ3v) is 1.34. The van der Waals surface area contributed by atoms with Crippen LogP contribution in [0.1, 0.15) is 10.4 Å². The van der Waals surface area contributed by atoms with Crippen LogP contribution in [0, 0.1) is 0 Å². The first kappa shape index (κ1) is 14.0. The second-order valence-corrected chi connectivity index (χ2v) is 10.0. The fraction of sp³-hybridized carbons (Fsp3) is 0.125. The fourth-order valence-corrected chi connectivity index (χ4v) is 0.768. The Morgan fingerprint density at radius 1 is 1.50 bits per heavy atom. The van der Waals surface area contributed by atoms with E-state index in [4.69, 9.17) is 26.3 Å². The molecule has 0 aliphatic heterocycles. The van der Waals surface area contributed by atoms with Crippen molar-refractivity contribution in [3.05, 3.63) is 23.8 Å². The van der Waals surface area contributed by atoms with E-state index in [1.807, 2.05) is 0 Å². The number of hydrogen-bond acceptors (Lipinski definition) is 3. The maximum absolute atomic E-state index is 10.2. The van der Waals surface area contributed by atoms with Gasteiger partial charge in [0.15, 0.2) is 11.5 Å². The summed E-state index contributed by atoms with van der Waals surface area (Å²) in [7, 11) is 11.4. The predicted molar refractivity (Wildman–Crippen MR) is 51.8 cm³/mol. The monoisotopic (exact) mass is 424 g/mol. The van der Waals surface area contributed by atoms with Crippen LogP contribution < -0.4 is 4.74 Å². The van der Waals surface area contributed by atoms with Crippen LogP contribution in [0.4, 0.5) is 0 Å². The zero-order chi connectivity index (χ0) is 11.0. The van der Waals surface area contributed by atoms with Gasteiger partial charge in [-0.2, -0.15) is 0 Å². The van der Waals surface area contributed by atoms with Crippen molar-refractivity contribution < 1.29 is 36.7 Å². The van der Waals surface area contributed by atoms with Crippen molar-refractivity contribution in [3.8, 4) is 11.5 Å². The molecule has 6 heteroatoms. The molecule has 0 spiro atoms. The molecule has 1 N–H and O–H groups in total. The van der Waals surface area contributed by atoms with E-state index in [9.17, 15) is 4.79 Å². The van der Waals surface area contributed by atoms with Gasteiger partial charge in [-0.3, -0.25) is 4.79 Å². The van der Waals surface area contributed by atoms with Crippen LogP contribution in [0.15, 0.2) is 18.2 Å². The summed E-state index contributed by atoms with van der Waals surface area (Å²) in [6, 6.07) is 4.41. The number of phenolic OH excluding ortho intramolecular Hbond substituents is 1. The van der Waals surface area contributed by atoms with E-state index in [1.54, 1.807) is 0 Å². The molecule has 0 heterocycles. The van der Waals surface area contributed by atoms with E-state index >= 15 is 0 Å². The third kappa shape index (κ3) is 5.03. The van der Waals surface area contributed by atoms with Gasteiger partial charge < -0.3 is 9.84 Å². The summed E-state index contributed by atoms with van der Waals surface area (Å²) in [5, 5.41) is 9.09. The molecule has 0 fully saturated rings. The molecule has 1 aromatic rings. The number of hydrogen-bond donors (Lipinski definition) is 1. The van der Waals surface area contributed by atoms with Gasteiger partial charge in [0, 0.05) is 5.56 Å². The third-order valence-electron chi connectivity index (χ3n) is 1.34. The normalized spacial score (nSPS) is 7.93. The Hall–Kier alpha value is 0.00506. The molecule has 3 nitrogen and oxygen atoms in total. The van der Waals surface area contributed by atoms with Gasteiger partial charge in [-0.15, -0.1) is 0 Å². The van der Waals surface area contributed by atoms with E-state index in [-0.39, 0.29) is 5.75 Å². The summed E-state index contributed by atoms with van der Waals surface area (Å²) in [5.41, 5.74) is 0.486. The van der Waals surface area contributed by atoms with Gasteiger partial charge in [0.2, 0.25) is 0 Å². The van der Waals surface area contributed by atoms with Crippen LogP contribution in [-0.2, 0) is 22.1 Å². The van der Waals surface area contributed by atoms with Crippen molar-refractivity contribution >= 4 is 22.8 Å². The number of carbonyl (C=O) groups excluding carboxylic acids is 1. The van der Waals surface area contributed by atoms with Gasteiger partial charge in [-0.05, 0) is 18.2 Å². The van der Waals surface area contributed by atoms with Crippen LogP contribution in [0.2, 0.25) is 0 Å². The molecular weight excluding hydrogens is 416 g/mol. The van der Waals surface area contributed by atoms with Gasteiger partial charge in [0.05, 0.1) is 7.11 Å². The van der Waals surface area contributed by atoms with Crippen LogP contribution in [0.3, 0.4) is 0 Å². The number of halogens is 2. The van der Waals surface area contributed by atoms with Crippen LogP contribution in [0.5, 0.6) is 11.5 Å². The number of carbonyl (C=O) groups is 1. The predicted octanol–water partition coefficient (Wildman–Crippen LogP) is 2.59. The fourth-order valence-electron chi connectivity index (χ4n) is 0.768. The number of benzene rings is 1. The van der Waals surface area contributed by atoms with Crippen LogP contribution >= 0.6 is 16.5 Å². The minimum atomic E-state index is -1.14. The maximum atomic E-state index is 10.2. The van der Waals surface area contributed by atoms with Crippen molar-refractivity contribution in [1.29, 1.82) is 0 Å². The molecule has 0 amide bonds. The van der Waals surface area contributed by atoms with E-state index in [0.717, 1.165) is 0 Å². The van der Waals surface area contributed by atoms with Crippen molar-refractivity contribution in [2.45, 2.75) is 0 Å². The second-order valence-electron chi connectivity index (χ2n) is 2.15. The van der Waals surface area contributed by atoms with E-state index in [0.29, 0.717) is 17.6 Å². The molecule has 14 heavy (non-hydrogen) atoms. The Morgan fingerprint density at radius 3 is 2.50 bits per heavy atom. The standard InChI is InChI=1S/C8H8O3.2ClH.Hg/c1-11-8-4-6(5-9)2-3-7(8)10;;;/h2-5,10H,1H3;2*1H;/q;;;+2/p-2. The van der Waals surface area contributed by atoms with Crippen molar-refractivity contribution in [1.82, 2.24) is 0 Å². The van der Waals surface area contributed by atoms with Crippen molar-refractivity contribution in [2.24, 2.45) is 0 Å².